The maximum absolute atomic E-state index is 12.3. The first-order valence-electron chi connectivity index (χ1n) is 7.94. The molecule has 1 fully saturated rings. The van der Waals surface area contributed by atoms with E-state index in [0.717, 1.165) is 24.2 Å². The smallest absolute Gasteiger partial charge is 0.227 e. The van der Waals surface area contributed by atoms with Gasteiger partial charge in [0.05, 0.1) is 18.7 Å². The van der Waals surface area contributed by atoms with Gasteiger partial charge in [0.25, 0.3) is 0 Å². The van der Waals surface area contributed by atoms with Crippen molar-refractivity contribution in [1.29, 1.82) is 0 Å². The van der Waals surface area contributed by atoms with Crippen LogP contribution in [0, 0.1) is 12.8 Å². The van der Waals surface area contributed by atoms with E-state index >= 15 is 0 Å². The van der Waals surface area contributed by atoms with E-state index in [1.807, 2.05) is 32.2 Å². The fourth-order valence-corrected chi connectivity index (χ4v) is 2.75. The summed E-state index contributed by atoms with van der Waals surface area (Å²) in [4.78, 5) is 26.2. The molecule has 1 heterocycles. The Bertz CT molecular complexity index is 574. The summed E-state index contributed by atoms with van der Waals surface area (Å²) in [6, 6.07) is 5.71. The number of nitrogens with zero attached hydrogens (tertiary/aromatic N) is 1. The second-order valence-corrected chi connectivity index (χ2v) is 5.83. The van der Waals surface area contributed by atoms with Gasteiger partial charge in [-0.2, -0.15) is 0 Å². The van der Waals surface area contributed by atoms with Crippen molar-refractivity contribution in [2.75, 3.05) is 38.7 Å². The average Bonchev–Trinajstić information content (AvgIpc) is 2.93. The largest absolute Gasteiger partial charge is 0.495 e. The summed E-state index contributed by atoms with van der Waals surface area (Å²) >= 11 is 0. The van der Waals surface area contributed by atoms with Crippen LogP contribution in [0.5, 0.6) is 5.75 Å². The van der Waals surface area contributed by atoms with Gasteiger partial charge in [-0.15, -0.1) is 0 Å². The SMILES string of the molecule is CNCCCNC(=O)C1CC(=O)N(c2cc(C)ccc2OC)C1. The highest BCUT2D eigenvalue weighted by atomic mass is 16.5. The van der Waals surface area contributed by atoms with E-state index in [2.05, 4.69) is 10.6 Å². The topological polar surface area (TPSA) is 70.7 Å². The van der Waals surface area contributed by atoms with Gasteiger partial charge in [-0.1, -0.05) is 6.07 Å². The summed E-state index contributed by atoms with van der Waals surface area (Å²) < 4.78 is 5.35. The minimum Gasteiger partial charge on any atom is -0.495 e. The summed E-state index contributed by atoms with van der Waals surface area (Å²) in [7, 11) is 3.46. The lowest BCUT2D eigenvalue weighted by atomic mass is 10.1. The molecule has 1 aliphatic rings. The molecule has 0 bridgehead atoms. The van der Waals surface area contributed by atoms with Crippen LogP contribution >= 0.6 is 0 Å². The zero-order valence-corrected chi connectivity index (χ0v) is 14.0. The van der Waals surface area contributed by atoms with Crippen LogP contribution in [0.1, 0.15) is 18.4 Å². The first-order valence-corrected chi connectivity index (χ1v) is 7.94. The fourth-order valence-electron chi connectivity index (χ4n) is 2.75. The first kappa shape index (κ1) is 17.3. The van der Waals surface area contributed by atoms with Gasteiger partial charge in [0.1, 0.15) is 5.75 Å². The average molecular weight is 319 g/mol. The molecule has 1 aliphatic heterocycles. The van der Waals surface area contributed by atoms with Crippen molar-refractivity contribution in [3.8, 4) is 5.75 Å². The van der Waals surface area contributed by atoms with E-state index in [9.17, 15) is 9.59 Å². The maximum Gasteiger partial charge on any atom is 0.227 e. The van der Waals surface area contributed by atoms with Gasteiger partial charge in [0, 0.05) is 19.5 Å². The molecule has 0 radical (unpaired) electrons. The van der Waals surface area contributed by atoms with Crippen molar-refractivity contribution in [2.45, 2.75) is 19.8 Å². The first-order chi connectivity index (χ1) is 11.1. The Morgan fingerprint density at radius 3 is 2.87 bits per heavy atom. The van der Waals surface area contributed by atoms with Gasteiger partial charge < -0.3 is 20.3 Å². The third-order valence-corrected chi connectivity index (χ3v) is 4.02. The van der Waals surface area contributed by atoms with Crippen LogP contribution in [0.25, 0.3) is 0 Å². The standard InChI is InChI=1S/C17H25N3O3/c1-12-5-6-15(23-3)14(9-12)20-11-13(10-16(20)21)17(22)19-8-4-7-18-2/h5-6,9,13,18H,4,7-8,10-11H2,1-3H3,(H,19,22). The van der Waals surface area contributed by atoms with E-state index in [1.54, 1.807) is 12.0 Å². The zero-order valence-electron chi connectivity index (χ0n) is 14.0. The molecular weight excluding hydrogens is 294 g/mol. The number of ether oxygens (including phenoxy) is 1. The molecule has 2 rings (SSSR count). The third kappa shape index (κ3) is 4.22. The number of nitrogens with one attached hydrogen (secondary N) is 2. The van der Waals surface area contributed by atoms with Crippen LogP contribution in [-0.4, -0.2) is 45.6 Å². The molecule has 1 atom stereocenters. The molecule has 1 aromatic rings. The minimum absolute atomic E-state index is 0.0377. The number of carbonyl (C=O) groups excluding carboxylic acids is 2. The number of hydrogen-bond donors (Lipinski definition) is 2. The molecule has 1 unspecified atom stereocenters. The monoisotopic (exact) mass is 319 g/mol. The number of carbonyl (C=O) groups is 2. The second kappa shape index (κ2) is 7.97. The fraction of sp³-hybridized carbons (Fsp3) is 0.529. The van der Waals surface area contributed by atoms with Gasteiger partial charge in [-0.05, 0) is 44.6 Å². The Hall–Kier alpha value is -2.08. The predicted octanol–water partition coefficient (Wildman–Crippen LogP) is 1.08. The Kier molecular flexibility index (Phi) is 5.98. The Morgan fingerprint density at radius 1 is 1.39 bits per heavy atom. The number of anilines is 1. The summed E-state index contributed by atoms with van der Waals surface area (Å²) in [5.74, 6) is 0.259. The van der Waals surface area contributed by atoms with E-state index < -0.39 is 0 Å². The summed E-state index contributed by atoms with van der Waals surface area (Å²) in [5.41, 5.74) is 1.79. The van der Waals surface area contributed by atoms with Crippen LogP contribution in [-0.2, 0) is 9.59 Å². The summed E-state index contributed by atoms with van der Waals surface area (Å²) in [6.45, 7) is 3.85. The van der Waals surface area contributed by atoms with E-state index in [4.69, 9.17) is 4.74 Å². The summed E-state index contributed by atoms with van der Waals surface area (Å²) in [6.07, 6.45) is 1.12. The van der Waals surface area contributed by atoms with Crippen LogP contribution < -0.4 is 20.3 Å². The number of methoxy groups -OCH3 is 1. The highest BCUT2D eigenvalue weighted by Crippen LogP contribution is 2.33. The molecule has 0 aliphatic carbocycles. The number of rotatable bonds is 7. The van der Waals surface area contributed by atoms with Gasteiger partial charge >= 0.3 is 0 Å². The molecule has 2 N–H and O–H groups in total. The number of aryl methyl sites for hydroxylation is 1. The third-order valence-electron chi connectivity index (χ3n) is 4.02. The second-order valence-electron chi connectivity index (χ2n) is 5.83. The highest BCUT2D eigenvalue weighted by Gasteiger charge is 2.36. The molecule has 0 spiro atoms. The maximum atomic E-state index is 12.3. The molecule has 0 aromatic heterocycles. The Balaban J connectivity index is 2.02. The van der Waals surface area contributed by atoms with Gasteiger partial charge in [0.15, 0.2) is 0 Å². The molecular formula is C17H25N3O3. The van der Waals surface area contributed by atoms with Crippen molar-refractivity contribution in [3.63, 3.8) is 0 Å². The van der Waals surface area contributed by atoms with Crippen LogP contribution in [0.2, 0.25) is 0 Å². The van der Waals surface area contributed by atoms with Crippen molar-refractivity contribution >= 4 is 17.5 Å². The van der Waals surface area contributed by atoms with E-state index in [1.165, 1.54) is 0 Å². The molecule has 23 heavy (non-hydrogen) atoms. The predicted molar refractivity (Wildman–Crippen MR) is 89.7 cm³/mol. The van der Waals surface area contributed by atoms with E-state index in [-0.39, 0.29) is 24.2 Å². The van der Waals surface area contributed by atoms with Crippen molar-refractivity contribution < 1.29 is 14.3 Å². The molecule has 0 saturated carbocycles. The van der Waals surface area contributed by atoms with Crippen LogP contribution in [0.3, 0.4) is 0 Å². The lowest BCUT2D eigenvalue weighted by molar-refractivity contribution is -0.126. The lowest BCUT2D eigenvalue weighted by Gasteiger charge is -2.20. The molecule has 2 amide bonds. The normalized spacial score (nSPS) is 17.4. The van der Waals surface area contributed by atoms with Crippen LogP contribution in [0.4, 0.5) is 5.69 Å². The van der Waals surface area contributed by atoms with Gasteiger partial charge in [-0.25, -0.2) is 0 Å². The van der Waals surface area contributed by atoms with Crippen molar-refractivity contribution in [2.24, 2.45) is 5.92 Å². The minimum atomic E-state index is -0.303. The molecule has 6 nitrogen and oxygen atoms in total. The number of hydrogen-bond acceptors (Lipinski definition) is 4. The molecule has 6 heteroatoms. The van der Waals surface area contributed by atoms with E-state index in [0.29, 0.717) is 18.8 Å². The molecule has 1 saturated heterocycles. The quantitative estimate of drug-likeness (QED) is 0.738. The van der Waals surface area contributed by atoms with Crippen LogP contribution in [0.15, 0.2) is 18.2 Å². The van der Waals surface area contributed by atoms with Gasteiger partial charge in [0.2, 0.25) is 11.8 Å². The number of benzene rings is 1. The molecule has 1 aromatic carbocycles. The Morgan fingerprint density at radius 2 is 2.17 bits per heavy atom. The zero-order chi connectivity index (χ0) is 16.8. The highest BCUT2D eigenvalue weighted by molar-refractivity contribution is 6.01. The van der Waals surface area contributed by atoms with Crippen molar-refractivity contribution in [3.05, 3.63) is 23.8 Å². The van der Waals surface area contributed by atoms with Crippen molar-refractivity contribution in [1.82, 2.24) is 10.6 Å². The van der Waals surface area contributed by atoms with Gasteiger partial charge in [-0.3, -0.25) is 9.59 Å². The lowest BCUT2D eigenvalue weighted by Crippen LogP contribution is -2.34. The summed E-state index contributed by atoms with van der Waals surface area (Å²) in [5, 5.41) is 5.94. The Labute approximate surface area is 137 Å². The molecule has 126 valence electrons. The number of amides is 2.